The number of aliphatic carboxylic acids is 2. The third kappa shape index (κ3) is 10.0. The number of carbonyl (C=O) groups is 2. The van der Waals surface area contributed by atoms with Crippen LogP contribution in [-0.4, -0.2) is 80.8 Å². The fraction of sp³-hybridized carbons (Fsp3) is 0.524. The van der Waals surface area contributed by atoms with Crippen molar-refractivity contribution in [2.24, 2.45) is 0 Å². The van der Waals surface area contributed by atoms with Crippen molar-refractivity contribution in [2.75, 3.05) is 19.7 Å². The predicted octanol–water partition coefficient (Wildman–Crippen LogP) is 4.15. The van der Waals surface area contributed by atoms with Gasteiger partial charge >= 0.3 is 24.3 Å². The zero-order valence-electron chi connectivity index (χ0n) is 19.3. The topological polar surface area (TPSA) is 122 Å². The number of likely N-dealkylation sites (tertiary alicyclic amines) is 1. The number of thiazole rings is 1. The lowest BCUT2D eigenvalue weighted by Gasteiger charge is -2.39. The van der Waals surface area contributed by atoms with Crippen LogP contribution in [0.1, 0.15) is 24.3 Å². The fourth-order valence-corrected chi connectivity index (χ4v) is 4.28. The third-order valence-electron chi connectivity index (χ3n) is 5.12. The van der Waals surface area contributed by atoms with Crippen molar-refractivity contribution in [3.63, 3.8) is 0 Å². The average molecular weight is 577 g/mol. The summed E-state index contributed by atoms with van der Waals surface area (Å²) in [7, 11) is 0. The van der Waals surface area contributed by atoms with Gasteiger partial charge in [-0.2, -0.15) is 26.3 Å². The minimum absolute atomic E-state index is 0.0681. The maximum Gasteiger partial charge on any atom is 0.490 e. The minimum atomic E-state index is -5.08. The van der Waals surface area contributed by atoms with Gasteiger partial charge in [0.15, 0.2) is 5.82 Å². The summed E-state index contributed by atoms with van der Waals surface area (Å²) in [5, 5.41) is 17.4. The highest BCUT2D eigenvalue weighted by atomic mass is 32.1. The van der Waals surface area contributed by atoms with Crippen LogP contribution in [0.15, 0.2) is 29.9 Å². The Bertz CT molecular complexity index is 1030. The molecule has 4 rings (SSSR count). The summed E-state index contributed by atoms with van der Waals surface area (Å²) in [6.45, 7) is 3.28. The summed E-state index contributed by atoms with van der Waals surface area (Å²) in [5.74, 6) is -5.87. The molecule has 2 aromatic rings. The molecular formula is C21H22F7N3O6S. The number of carboxylic acid groups (broad SMARTS) is 2. The molecule has 1 spiro atoms. The Morgan fingerprint density at radius 2 is 1.76 bits per heavy atom. The van der Waals surface area contributed by atoms with Crippen LogP contribution in [-0.2, 0) is 20.9 Å². The van der Waals surface area contributed by atoms with Crippen LogP contribution < -0.4 is 4.74 Å². The summed E-state index contributed by atoms with van der Waals surface area (Å²) in [4.78, 5) is 28.5. The SMILES string of the molecule is Fc1cccnc1O[C@H]1CO[C@@]2(CCCN(Cc3nccs3)C2)C1.O=C(O)C(F)(F)F.O=C(O)C(F)(F)F. The Morgan fingerprint density at radius 1 is 1.13 bits per heavy atom. The van der Waals surface area contributed by atoms with Crippen LogP contribution in [0.4, 0.5) is 30.7 Å². The highest BCUT2D eigenvalue weighted by Crippen LogP contribution is 2.36. The largest absolute Gasteiger partial charge is 0.490 e. The molecule has 0 radical (unpaired) electrons. The van der Waals surface area contributed by atoms with Crippen LogP contribution in [0, 0.1) is 5.82 Å². The molecule has 0 saturated carbocycles. The van der Waals surface area contributed by atoms with Crippen molar-refractivity contribution in [2.45, 2.75) is 49.9 Å². The van der Waals surface area contributed by atoms with Gasteiger partial charge in [-0.15, -0.1) is 11.3 Å². The van der Waals surface area contributed by atoms with Gasteiger partial charge in [0.2, 0.25) is 0 Å². The number of carboxylic acids is 2. The van der Waals surface area contributed by atoms with E-state index in [1.54, 1.807) is 23.6 Å². The lowest BCUT2D eigenvalue weighted by molar-refractivity contribution is -0.193. The van der Waals surface area contributed by atoms with Gasteiger partial charge in [0, 0.05) is 30.7 Å². The zero-order valence-corrected chi connectivity index (χ0v) is 20.2. The molecule has 2 N–H and O–H groups in total. The molecule has 2 aromatic heterocycles. The third-order valence-corrected chi connectivity index (χ3v) is 5.89. The normalized spacial score (nSPS) is 21.6. The van der Waals surface area contributed by atoms with Crippen molar-refractivity contribution in [1.29, 1.82) is 0 Å². The van der Waals surface area contributed by atoms with Crippen molar-refractivity contribution < 1.29 is 60.0 Å². The van der Waals surface area contributed by atoms with Crippen molar-refractivity contribution in [3.05, 3.63) is 40.7 Å². The second-order valence-electron chi connectivity index (χ2n) is 8.07. The molecule has 0 amide bonds. The number of hydrogen-bond donors (Lipinski definition) is 2. The van der Waals surface area contributed by atoms with Gasteiger partial charge in [-0.05, 0) is 31.5 Å². The summed E-state index contributed by atoms with van der Waals surface area (Å²) in [5.41, 5.74) is -0.189. The molecule has 0 bridgehead atoms. The first kappa shape index (κ1) is 31.2. The summed E-state index contributed by atoms with van der Waals surface area (Å²) in [6, 6.07) is 2.93. The number of rotatable bonds is 4. The molecule has 9 nitrogen and oxygen atoms in total. The minimum Gasteiger partial charge on any atom is -0.475 e. The van der Waals surface area contributed by atoms with E-state index in [0.29, 0.717) is 6.61 Å². The summed E-state index contributed by atoms with van der Waals surface area (Å²) < 4.78 is 89.0. The molecule has 0 unspecified atom stereocenters. The Morgan fingerprint density at radius 3 is 2.29 bits per heavy atom. The molecule has 38 heavy (non-hydrogen) atoms. The Balaban J connectivity index is 0.000000301. The second kappa shape index (κ2) is 13.1. The lowest BCUT2D eigenvalue weighted by Crippen LogP contribution is -2.47. The van der Waals surface area contributed by atoms with Gasteiger partial charge in [0.1, 0.15) is 11.1 Å². The molecule has 2 atom stereocenters. The van der Waals surface area contributed by atoms with E-state index in [0.717, 1.165) is 43.9 Å². The number of aromatic nitrogens is 2. The van der Waals surface area contributed by atoms with E-state index in [1.165, 1.54) is 6.07 Å². The molecule has 4 heterocycles. The van der Waals surface area contributed by atoms with Gasteiger partial charge < -0.3 is 19.7 Å². The number of ether oxygens (including phenoxy) is 2. The number of pyridine rings is 1. The molecule has 2 aliphatic heterocycles. The molecular weight excluding hydrogens is 555 g/mol. The van der Waals surface area contributed by atoms with Gasteiger partial charge in [0.25, 0.3) is 5.88 Å². The predicted molar refractivity (Wildman–Crippen MR) is 116 cm³/mol. The Hall–Kier alpha value is -3.05. The first-order valence-corrected chi connectivity index (χ1v) is 11.6. The van der Waals surface area contributed by atoms with E-state index < -0.39 is 30.1 Å². The van der Waals surface area contributed by atoms with Crippen LogP contribution in [0.5, 0.6) is 5.88 Å². The highest BCUT2D eigenvalue weighted by molar-refractivity contribution is 7.09. The van der Waals surface area contributed by atoms with Crippen molar-refractivity contribution in [1.82, 2.24) is 14.9 Å². The highest BCUT2D eigenvalue weighted by Gasteiger charge is 2.45. The van der Waals surface area contributed by atoms with Crippen LogP contribution in [0.2, 0.25) is 0 Å². The number of nitrogens with zero attached hydrogens (tertiary/aromatic N) is 3. The zero-order chi connectivity index (χ0) is 28.6. The monoisotopic (exact) mass is 577 g/mol. The quantitative estimate of drug-likeness (QED) is 0.517. The van der Waals surface area contributed by atoms with Crippen LogP contribution in [0.25, 0.3) is 0 Å². The van der Waals surface area contributed by atoms with Gasteiger partial charge in [-0.3, -0.25) is 4.90 Å². The molecule has 212 valence electrons. The number of piperidine rings is 1. The summed E-state index contributed by atoms with van der Waals surface area (Å²) in [6.07, 6.45) is -4.04. The number of alkyl halides is 6. The van der Waals surface area contributed by atoms with E-state index in [1.807, 2.05) is 11.6 Å². The maximum absolute atomic E-state index is 13.7. The molecule has 17 heteroatoms. The first-order chi connectivity index (χ1) is 17.6. The van der Waals surface area contributed by atoms with Crippen LogP contribution >= 0.6 is 11.3 Å². The van der Waals surface area contributed by atoms with E-state index >= 15 is 0 Å². The van der Waals surface area contributed by atoms with Crippen molar-refractivity contribution in [3.8, 4) is 5.88 Å². The molecule has 2 fully saturated rings. The molecule has 0 aromatic carbocycles. The van der Waals surface area contributed by atoms with Gasteiger partial charge in [-0.25, -0.2) is 23.9 Å². The maximum atomic E-state index is 13.7. The summed E-state index contributed by atoms with van der Waals surface area (Å²) >= 11 is 1.68. The smallest absolute Gasteiger partial charge is 0.475 e. The first-order valence-electron chi connectivity index (χ1n) is 10.7. The number of hydrogen-bond acceptors (Lipinski definition) is 8. The molecule has 2 aliphatic rings. The average Bonchev–Trinajstić information content (AvgIpc) is 3.45. The van der Waals surface area contributed by atoms with Crippen molar-refractivity contribution >= 4 is 23.3 Å². The van der Waals surface area contributed by atoms with E-state index in [-0.39, 0.29) is 17.6 Å². The number of halogens is 7. The fourth-order valence-electron chi connectivity index (χ4n) is 3.63. The standard InChI is InChI=1S/C17H20FN3O2S.2C2HF3O2/c18-14-3-1-5-20-16(14)23-13-9-17(22-11-13)4-2-7-21(12-17)10-15-19-6-8-24-15;2*3-2(4,5)1(6)7/h1,3,5-6,8,13H,2,4,7,9-12H2;2*(H,6,7)/t13-,17+;;/m1../s1. The second-order valence-corrected chi connectivity index (χ2v) is 9.05. The Labute approximate surface area is 214 Å². The van der Waals surface area contributed by atoms with E-state index in [4.69, 9.17) is 29.3 Å². The van der Waals surface area contributed by atoms with E-state index in [9.17, 15) is 30.7 Å². The van der Waals surface area contributed by atoms with E-state index in [2.05, 4.69) is 14.9 Å². The van der Waals surface area contributed by atoms with Gasteiger partial charge in [0.05, 0.1) is 18.8 Å². The van der Waals surface area contributed by atoms with Gasteiger partial charge in [-0.1, -0.05) is 0 Å². The Kier molecular flexibility index (Phi) is 10.8. The van der Waals surface area contributed by atoms with Crippen LogP contribution in [0.3, 0.4) is 0 Å². The molecule has 2 saturated heterocycles. The molecule has 0 aliphatic carbocycles. The lowest BCUT2D eigenvalue weighted by atomic mass is 9.89.